The number of rotatable bonds is 4. The Bertz CT molecular complexity index is 813. The molecule has 1 aliphatic rings. The molecule has 3 rings (SSSR count). The molecular weight excluding hydrogens is 352 g/mol. The van der Waals surface area contributed by atoms with Crippen molar-refractivity contribution in [2.45, 2.75) is 38.9 Å². The predicted molar refractivity (Wildman–Crippen MR) is 115 cm³/mol. The Morgan fingerprint density at radius 3 is 2.37 bits per heavy atom. The molecule has 2 aromatic carbocycles. The van der Waals surface area contributed by atoms with Crippen molar-refractivity contribution in [3.63, 3.8) is 0 Å². The molecule has 1 N–H and O–H groups in total. The van der Waals surface area contributed by atoms with E-state index in [1.54, 1.807) is 0 Å². The van der Waals surface area contributed by atoms with Crippen LogP contribution in [-0.4, -0.2) is 33.9 Å². The van der Waals surface area contributed by atoms with Gasteiger partial charge in [-0.2, -0.15) is 0 Å². The molecule has 0 spiro atoms. The Balaban J connectivity index is 2.14. The Kier molecular flexibility index (Phi) is 5.45. The highest BCUT2D eigenvalue weighted by molar-refractivity contribution is 6.74. The zero-order valence-corrected chi connectivity index (χ0v) is 18.0. The van der Waals surface area contributed by atoms with E-state index in [4.69, 9.17) is 4.43 Å². The van der Waals surface area contributed by atoms with E-state index in [9.17, 15) is 4.79 Å². The van der Waals surface area contributed by atoms with E-state index in [0.717, 1.165) is 29.1 Å². The molecule has 1 saturated heterocycles. The summed E-state index contributed by atoms with van der Waals surface area (Å²) >= 11 is 0. The summed E-state index contributed by atoms with van der Waals surface area (Å²) < 4.78 is 6.69. The van der Waals surface area contributed by atoms with Gasteiger partial charge in [0.05, 0.1) is 12.2 Å². The van der Waals surface area contributed by atoms with Crippen LogP contribution < -0.4 is 14.6 Å². The maximum atomic E-state index is 12.7. The number of amides is 1. The van der Waals surface area contributed by atoms with Crippen LogP contribution in [0.15, 0.2) is 48.5 Å². The van der Waals surface area contributed by atoms with Crippen LogP contribution in [0.2, 0.25) is 18.1 Å². The predicted octanol–water partition coefficient (Wildman–Crippen LogP) is 4.67. The molecule has 144 valence electrons. The van der Waals surface area contributed by atoms with Crippen molar-refractivity contribution in [3.05, 3.63) is 48.5 Å². The van der Waals surface area contributed by atoms with Gasteiger partial charge in [-0.05, 0) is 29.8 Å². The first-order valence-electron chi connectivity index (χ1n) is 9.59. The highest BCUT2D eigenvalue weighted by Gasteiger charge is 2.40. The maximum Gasteiger partial charge on any atom is 0.250 e. The number of piperazine rings is 1. The first kappa shape index (κ1) is 19.6. The van der Waals surface area contributed by atoms with Crippen molar-refractivity contribution in [2.24, 2.45) is 0 Å². The van der Waals surface area contributed by atoms with E-state index in [-0.39, 0.29) is 10.9 Å². The first-order chi connectivity index (χ1) is 12.7. The summed E-state index contributed by atoms with van der Waals surface area (Å²) in [6.07, 6.45) is 0. The lowest BCUT2D eigenvalue weighted by molar-refractivity contribution is -0.118. The second-order valence-corrected chi connectivity index (χ2v) is 13.3. The van der Waals surface area contributed by atoms with Gasteiger partial charge < -0.3 is 14.6 Å². The van der Waals surface area contributed by atoms with Crippen LogP contribution in [-0.2, 0) is 4.79 Å². The standard InChI is InChI=1S/C22H30N2O2Si/c1-22(2,3)27(4,5)26-19-13-9-12-18(17-10-7-6-8-11-17)21(19)24-15-14-23-16-20(24)25/h6-13,23H,14-16H2,1-5H3. The summed E-state index contributed by atoms with van der Waals surface area (Å²) in [5.74, 6) is 0.905. The fourth-order valence-electron chi connectivity index (χ4n) is 3.00. The highest BCUT2D eigenvalue weighted by Crippen LogP contribution is 2.44. The van der Waals surface area contributed by atoms with Gasteiger partial charge in [-0.25, -0.2) is 0 Å². The maximum absolute atomic E-state index is 12.7. The van der Waals surface area contributed by atoms with E-state index in [2.05, 4.69) is 57.4 Å². The molecule has 1 heterocycles. The molecule has 1 fully saturated rings. The molecule has 0 saturated carbocycles. The van der Waals surface area contributed by atoms with Gasteiger partial charge in [0.15, 0.2) is 0 Å². The average Bonchev–Trinajstić information content (AvgIpc) is 2.62. The Labute approximate surface area is 163 Å². The summed E-state index contributed by atoms with van der Waals surface area (Å²) in [4.78, 5) is 14.6. The Morgan fingerprint density at radius 2 is 1.74 bits per heavy atom. The van der Waals surface area contributed by atoms with Gasteiger partial charge in [-0.1, -0.05) is 63.2 Å². The molecule has 5 heteroatoms. The first-order valence-corrected chi connectivity index (χ1v) is 12.5. The molecule has 0 radical (unpaired) electrons. The van der Waals surface area contributed by atoms with Gasteiger partial charge in [-0.3, -0.25) is 4.79 Å². The van der Waals surface area contributed by atoms with Crippen LogP contribution in [0.3, 0.4) is 0 Å². The lowest BCUT2D eigenvalue weighted by Gasteiger charge is -2.39. The number of anilines is 1. The van der Waals surface area contributed by atoms with E-state index >= 15 is 0 Å². The zero-order chi connectivity index (χ0) is 19.7. The molecule has 0 aromatic heterocycles. The third-order valence-corrected chi connectivity index (χ3v) is 9.96. The quantitative estimate of drug-likeness (QED) is 0.781. The molecule has 0 atom stereocenters. The molecule has 0 bridgehead atoms. The lowest BCUT2D eigenvalue weighted by atomic mass is 10.0. The van der Waals surface area contributed by atoms with Crippen LogP contribution in [0, 0.1) is 0 Å². The largest absolute Gasteiger partial charge is 0.542 e. The van der Waals surface area contributed by atoms with Crippen molar-refractivity contribution in [2.75, 3.05) is 24.5 Å². The number of nitrogens with zero attached hydrogens (tertiary/aromatic N) is 1. The van der Waals surface area contributed by atoms with Crippen molar-refractivity contribution in [1.29, 1.82) is 0 Å². The van der Waals surface area contributed by atoms with Crippen molar-refractivity contribution in [3.8, 4) is 16.9 Å². The summed E-state index contributed by atoms with van der Waals surface area (Å²) in [5.41, 5.74) is 3.04. The molecule has 4 nitrogen and oxygen atoms in total. The minimum absolute atomic E-state index is 0.0838. The topological polar surface area (TPSA) is 41.6 Å². The number of carbonyl (C=O) groups excluding carboxylic acids is 1. The molecule has 1 amide bonds. The lowest BCUT2D eigenvalue weighted by Crippen LogP contribution is -2.49. The molecule has 2 aromatic rings. The van der Waals surface area contributed by atoms with Crippen LogP contribution in [0.4, 0.5) is 5.69 Å². The van der Waals surface area contributed by atoms with Gasteiger partial charge in [0.25, 0.3) is 8.32 Å². The number of nitrogens with one attached hydrogen (secondary N) is 1. The van der Waals surface area contributed by atoms with Crippen molar-refractivity contribution >= 4 is 19.9 Å². The molecular formula is C22H30N2O2Si. The second kappa shape index (κ2) is 7.48. The van der Waals surface area contributed by atoms with Gasteiger partial charge in [0.2, 0.25) is 5.91 Å². The number of hydrogen-bond acceptors (Lipinski definition) is 3. The van der Waals surface area contributed by atoms with Crippen LogP contribution in [0.5, 0.6) is 5.75 Å². The van der Waals surface area contributed by atoms with Gasteiger partial charge >= 0.3 is 0 Å². The Hall–Kier alpha value is -2.11. The minimum atomic E-state index is -2.04. The highest BCUT2D eigenvalue weighted by atomic mass is 28.4. The molecule has 0 unspecified atom stereocenters. The number of para-hydroxylation sites is 1. The summed E-state index contributed by atoms with van der Waals surface area (Å²) in [6, 6.07) is 16.4. The van der Waals surface area contributed by atoms with Gasteiger partial charge in [0.1, 0.15) is 5.75 Å². The Morgan fingerprint density at radius 1 is 1.04 bits per heavy atom. The van der Waals surface area contributed by atoms with E-state index in [1.807, 2.05) is 35.2 Å². The summed E-state index contributed by atoms with van der Waals surface area (Å²) in [7, 11) is -2.04. The SMILES string of the molecule is CC(C)(C)[Si](C)(C)Oc1cccc(-c2ccccc2)c1N1CCNCC1=O. The van der Waals surface area contributed by atoms with E-state index in [0.29, 0.717) is 13.1 Å². The van der Waals surface area contributed by atoms with E-state index < -0.39 is 8.32 Å². The zero-order valence-electron chi connectivity index (χ0n) is 17.0. The molecule has 0 aliphatic carbocycles. The molecule has 1 aliphatic heterocycles. The fourth-order valence-corrected chi connectivity index (χ4v) is 4.03. The van der Waals surface area contributed by atoms with E-state index in [1.165, 1.54) is 0 Å². The summed E-state index contributed by atoms with van der Waals surface area (Å²) in [6.45, 7) is 13.0. The summed E-state index contributed by atoms with van der Waals surface area (Å²) in [5, 5.41) is 3.25. The smallest absolute Gasteiger partial charge is 0.250 e. The normalized spacial score (nSPS) is 15.7. The average molecular weight is 383 g/mol. The van der Waals surface area contributed by atoms with Crippen molar-refractivity contribution < 1.29 is 9.22 Å². The number of benzene rings is 2. The minimum Gasteiger partial charge on any atom is -0.542 e. The second-order valence-electron chi connectivity index (χ2n) is 8.60. The third kappa shape index (κ3) is 4.09. The fraction of sp³-hybridized carbons (Fsp3) is 0.409. The van der Waals surface area contributed by atoms with Crippen LogP contribution >= 0.6 is 0 Å². The van der Waals surface area contributed by atoms with Crippen LogP contribution in [0.1, 0.15) is 20.8 Å². The molecule has 27 heavy (non-hydrogen) atoms. The van der Waals surface area contributed by atoms with Gasteiger partial charge in [0, 0.05) is 18.7 Å². The monoisotopic (exact) mass is 382 g/mol. The third-order valence-electron chi connectivity index (χ3n) is 5.61. The van der Waals surface area contributed by atoms with Gasteiger partial charge in [-0.15, -0.1) is 0 Å². The van der Waals surface area contributed by atoms with Crippen molar-refractivity contribution in [1.82, 2.24) is 5.32 Å². The number of hydrogen-bond donors (Lipinski definition) is 1. The number of carbonyl (C=O) groups is 1. The van der Waals surface area contributed by atoms with Crippen LogP contribution in [0.25, 0.3) is 11.1 Å².